The first-order valence-electron chi connectivity index (χ1n) is 9.06. The van der Waals surface area contributed by atoms with Crippen LogP contribution in [-0.2, 0) is 0 Å². The average molecular weight is 404 g/mol. The third-order valence-electron chi connectivity index (χ3n) is 5.00. The Hall–Kier alpha value is -2.78. The molecule has 2 aliphatic rings. The van der Waals surface area contributed by atoms with Crippen LogP contribution in [0.15, 0.2) is 29.5 Å². The highest BCUT2D eigenvalue weighted by Crippen LogP contribution is 2.29. The van der Waals surface area contributed by atoms with E-state index in [2.05, 4.69) is 31.4 Å². The fraction of sp³-hybridized carbons (Fsp3) is 0.389. The van der Waals surface area contributed by atoms with Crippen LogP contribution in [0.1, 0.15) is 23.2 Å². The molecule has 28 heavy (non-hydrogen) atoms. The molecule has 1 saturated heterocycles. The summed E-state index contributed by atoms with van der Waals surface area (Å²) in [6.07, 6.45) is 3.28. The lowest BCUT2D eigenvalue weighted by molar-refractivity contribution is 0.0920. The highest BCUT2D eigenvalue weighted by atomic mass is 35.5. The second-order valence-electron chi connectivity index (χ2n) is 6.83. The maximum atomic E-state index is 12.7. The number of piperidine rings is 1. The van der Waals surface area contributed by atoms with Gasteiger partial charge in [-0.3, -0.25) is 14.8 Å². The number of hydrazine groups is 2. The number of ether oxygens (including phenoxy) is 1. The summed E-state index contributed by atoms with van der Waals surface area (Å²) in [5, 5.41) is 10.5. The third-order valence-corrected chi connectivity index (χ3v) is 5.30. The fourth-order valence-corrected chi connectivity index (χ4v) is 3.71. The number of hydrogen-bond acceptors (Lipinski definition) is 8. The van der Waals surface area contributed by atoms with Crippen molar-refractivity contribution < 1.29 is 9.53 Å². The molecule has 1 amide bonds. The van der Waals surface area contributed by atoms with Crippen molar-refractivity contribution in [2.24, 2.45) is 5.10 Å². The Balaban J connectivity index is 1.40. The summed E-state index contributed by atoms with van der Waals surface area (Å²) in [6.45, 7) is 1.64. The number of benzene rings is 1. The molecule has 148 valence electrons. The molecule has 4 rings (SSSR count). The van der Waals surface area contributed by atoms with E-state index < -0.39 is 0 Å². The minimum atomic E-state index is -0.126. The van der Waals surface area contributed by atoms with Gasteiger partial charge in [-0.25, -0.2) is 5.53 Å². The lowest BCUT2D eigenvalue weighted by atomic mass is 10.0. The summed E-state index contributed by atoms with van der Waals surface area (Å²) < 4.78 is 5.21. The molecule has 10 heteroatoms. The van der Waals surface area contributed by atoms with E-state index in [0.717, 1.165) is 42.8 Å². The molecule has 1 aromatic carbocycles. The maximum absolute atomic E-state index is 12.7. The zero-order valence-electron chi connectivity index (χ0n) is 15.7. The van der Waals surface area contributed by atoms with E-state index in [1.807, 2.05) is 12.1 Å². The Labute approximate surface area is 167 Å². The van der Waals surface area contributed by atoms with E-state index in [0.29, 0.717) is 16.3 Å². The zero-order valence-corrected chi connectivity index (χ0v) is 16.5. The number of carbonyl (C=O) groups is 1. The first-order valence-corrected chi connectivity index (χ1v) is 9.44. The molecule has 9 nitrogen and oxygen atoms in total. The molecule has 1 aromatic heterocycles. The average Bonchev–Trinajstić information content (AvgIpc) is 3.13. The van der Waals surface area contributed by atoms with Crippen molar-refractivity contribution in [1.29, 1.82) is 0 Å². The summed E-state index contributed by atoms with van der Waals surface area (Å²) >= 11 is 6.19. The third kappa shape index (κ3) is 3.63. The van der Waals surface area contributed by atoms with E-state index in [1.54, 1.807) is 31.5 Å². The second-order valence-corrected chi connectivity index (χ2v) is 7.24. The second kappa shape index (κ2) is 7.69. The van der Waals surface area contributed by atoms with Crippen LogP contribution >= 0.6 is 11.6 Å². The van der Waals surface area contributed by atoms with Gasteiger partial charge in [0.15, 0.2) is 0 Å². The molecule has 0 radical (unpaired) electrons. The minimum Gasteiger partial charge on any atom is -0.495 e. The van der Waals surface area contributed by atoms with Gasteiger partial charge in [0.1, 0.15) is 5.75 Å². The van der Waals surface area contributed by atoms with Crippen molar-refractivity contribution in [2.45, 2.75) is 18.9 Å². The predicted molar refractivity (Wildman–Crippen MR) is 107 cm³/mol. The summed E-state index contributed by atoms with van der Waals surface area (Å²) in [6, 6.07) is 5.45. The Bertz CT molecular complexity index is 928. The summed E-state index contributed by atoms with van der Waals surface area (Å²) in [5.41, 5.74) is 6.89. The van der Waals surface area contributed by atoms with Gasteiger partial charge in [-0.15, -0.1) is 10.6 Å². The van der Waals surface area contributed by atoms with Gasteiger partial charge in [0.2, 0.25) is 5.96 Å². The van der Waals surface area contributed by atoms with E-state index in [9.17, 15) is 4.79 Å². The van der Waals surface area contributed by atoms with Gasteiger partial charge in [0.25, 0.3) is 5.91 Å². The van der Waals surface area contributed by atoms with Crippen LogP contribution in [0.5, 0.6) is 5.75 Å². The van der Waals surface area contributed by atoms with Crippen LogP contribution in [0.2, 0.25) is 5.02 Å². The number of pyridine rings is 1. The fourth-order valence-electron chi connectivity index (χ4n) is 3.46. The highest BCUT2D eigenvalue weighted by Gasteiger charge is 2.26. The molecule has 0 aliphatic carbocycles. The van der Waals surface area contributed by atoms with Crippen molar-refractivity contribution in [3.8, 4) is 5.75 Å². The Morgan fingerprint density at radius 1 is 1.32 bits per heavy atom. The van der Waals surface area contributed by atoms with Crippen molar-refractivity contribution >= 4 is 34.4 Å². The van der Waals surface area contributed by atoms with Gasteiger partial charge in [0, 0.05) is 43.8 Å². The first-order chi connectivity index (χ1) is 13.5. The van der Waals surface area contributed by atoms with E-state index in [1.165, 1.54) is 0 Å². The maximum Gasteiger partial charge on any atom is 0.253 e. The number of aromatic nitrogens is 1. The summed E-state index contributed by atoms with van der Waals surface area (Å²) in [5.74, 6) is 1.29. The molecule has 0 spiro atoms. The highest BCUT2D eigenvalue weighted by molar-refractivity contribution is 6.32. The lowest BCUT2D eigenvalue weighted by Crippen LogP contribution is -2.51. The van der Waals surface area contributed by atoms with Crippen LogP contribution in [0.4, 0.5) is 0 Å². The minimum absolute atomic E-state index is 0.118. The van der Waals surface area contributed by atoms with E-state index in [-0.39, 0.29) is 11.9 Å². The molecule has 0 bridgehead atoms. The number of halogens is 1. The van der Waals surface area contributed by atoms with E-state index >= 15 is 0 Å². The number of fused-ring (bicyclic) bond motifs is 1. The normalized spacial score (nSPS) is 17.5. The van der Waals surface area contributed by atoms with Crippen LogP contribution < -0.4 is 21.1 Å². The number of nitrogens with zero attached hydrogens (tertiary/aromatic N) is 4. The molecule has 1 fully saturated rings. The summed E-state index contributed by atoms with van der Waals surface area (Å²) in [4.78, 5) is 19.2. The number of rotatable bonds is 3. The number of nitrogens with one attached hydrogen (secondary N) is 3. The van der Waals surface area contributed by atoms with Crippen molar-refractivity contribution in [3.63, 3.8) is 0 Å². The molecular formula is C18H22ClN7O2. The monoisotopic (exact) mass is 403 g/mol. The van der Waals surface area contributed by atoms with Gasteiger partial charge in [-0.1, -0.05) is 11.6 Å². The van der Waals surface area contributed by atoms with Crippen LogP contribution in [0.25, 0.3) is 10.9 Å². The number of hydrogen-bond donors (Lipinski definition) is 3. The number of hydrazone groups is 1. The molecular weight excluding hydrogens is 382 g/mol. The van der Waals surface area contributed by atoms with Gasteiger partial charge in [-0.2, -0.15) is 0 Å². The van der Waals surface area contributed by atoms with E-state index in [4.69, 9.17) is 16.3 Å². The molecule has 0 unspecified atom stereocenters. The van der Waals surface area contributed by atoms with Crippen molar-refractivity contribution in [2.75, 3.05) is 27.2 Å². The molecule has 2 aliphatic heterocycles. The topological polar surface area (TPSA) is 94.1 Å². The molecule has 0 atom stereocenters. The largest absolute Gasteiger partial charge is 0.495 e. The number of likely N-dealkylation sites (tertiary alicyclic amines) is 1. The van der Waals surface area contributed by atoms with Crippen molar-refractivity contribution in [1.82, 2.24) is 31.3 Å². The Morgan fingerprint density at radius 2 is 2.11 bits per heavy atom. The number of carbonyl (C=O) groups excluding carboxylic acids is 1. The van der Waals surface area contributed by atoms with Crippen LogP contribution in [-0.4, -0.2) is 60.0 Å². The Morgan fingerprint density at radius 3 is 2.79 bits per heavy atom. The van der Waals surface area contributed by atoms with Crippen LogP contribution in [0, 0.1) is 0 Å². The summed E-state index contributed by atoms with van der Waals surface area (Å²) in [7, 11) is 3.46. The first kappa shape index (κ1) is 18.6. The molecule has 3 heterocycles. The van der Waals surface area contributed by atoms with Crippen molar-refractivity contribution in [3.05, 3.63) is 35.0 Å². The van der Waals surface area contributed by atoms with Gasteiger partial charge in [0.05, 0.1) is 23.2 Å². The van der Waals surface area contributed by atoms with Crippen LogP contribution in [0.3, 0.4) is 0 Å². The quantitative estimate of drug-likeness (QED) is 0.711. The standard InChI is InChI=1S/C18H22ClN7O2/c1-25-18(22-23-24-25)26-5-3-13(4-6-26)21-17(27)12-7-11-8-14(19)16(28-2)9-15(11)20-10-12/h7-10,13,23-24H,3-6H2,1-2H3,(H,21,27). The Kier molecular flexibility index (Phi) is 5.10. The number of amides is 1. The molecule has 0 saturated carbocycles. The zero-order chi connectivity index (χ0) is 19.7. The van der Waals surface area contributed by atoms with Gasteiger partial charge >= 0.3 is 0 Å². The van der Waals surface area contributed by atoms with Gasteiger partial charge in [-0.05, 0) is 25.0 Å². The number of guanidine groups is 1. The van der Waals surface area contributed by atoms with Gasteiger partial charge < -0.3 is 15.0 Å². The molecule has 2 aromatic rings. The SMILES string of the molecule is COc1cc2ncc(C(=O)NC3CCN(C4=NNNN4C)CC3)cc2cc1Cl. The smallest absolute Gasteiger partial charge is 0.253 e. The molecule has 3 N–H and O–H groups in total. The lowest BCUT2D eigenvalue weighted by Gasteiger charge is -2.34. The number of methoxy groups -OCH3 is 1. The predicted octanol–water partition coefficient (Wildman–Crippen LogP) is 1.32.